The second-order valence-electron chi connectivity index (χ2n) is 7.85. The second kappa shape index (κ2) is 9.18. The first-order valence-electron chi connectivity index (χ1n) is 10.4. The normalized spacial score (nSPS) is 22.5. The number of ether oxygens (including phenoxy) is 2. The van der Waals surface area contributed by atoms with E-state index >= 15 is 0 Å². The molecule has 0 aliphatic carbocycles. The Kier molecular flexibility index (Phi) is 6.20. The smallest absolute Gasteiger partial charge is 0.315 e. The fraction of sp³-hybridized carbons (Fsp3) is 0.435. The van der Waals surface area contributed by atoms with E-state index in [0.29, 0.717) is 6.61 Å². The number of urea groups is 1. The maximum atomic E-state index is 12.4. The molecular weight excluding hydrogens is 366 g/mol. The van der Waals surface area contributed by atoms with Crippen LogP contribution in [0.25, 0.3) is 0 Å². The molecule has 2 aliphatic heterocycles. The molecule has 1 saturated heterocycles. The van der Waals surface area contributed by atoms with Crippen molar-refractivity contribution in [2.24, 2.45) is 0 Å². The third kappa shape index (κ3) is 5.21. The van der Waals surface area contributed by atoms with Crippen LogP contribution in [0.1, 0.15) is 31.4 Å². The van der Waals surface area contributed by atoms with Gasteiger partial charge in [0.25, 0.3) is 0 Å². The largest absolute Gasteiger partial charge is 0.486 e. The fourth-order valence-electron chi connectivity index (χ4n) is 4.03. The lowest BCUT2D eigenvalue weighted by Gasteiger charge is -2.36. The van der Waals surface area contributed by atoms with E-state index in [1.807, 2.05) is 61.5 Å². The molecule has 6 heteroatoms. The molecule has 6 nitrogen and oxygen atoms in total. The minimum Gasteiger partial charge on any atom is -0.486 e. The first-order valence-corrected chi connectivity index (χ1v) is 10.4. The van der Waals surface area contributed by atoms with E-state index in [4.69, 9.17) is 9.47 Å². The van der Waals surface area contributed by atoms with Crippen LogP contribution in [0.15, 0.2) is 54.6 Å². The van der Waals surface area contributed by atoms with Crippen LogP contribution in [0.4, 0.5) is 4.79 Å². The van der Waals surface area contributed by atoms with Crippen LogP contribution in [0.5, 0.6) is 11.5 Å². The molecule has 2 amide bonds. The quantitative estimate of drug-likeness (QED) is 0.815. The molecule has 1 fully saturated rings. The summed E-state index contributed by atoms with van der Waals surface area (Å²) in [6.07, 6.45) is 2.06. The number of carbonyl (C=O) groups is 1. The lowest BCUT2D eigenvalue weighted by Crippen LogP contribution is -2.53. The van der Waals surface area contributed by atoms with Crippen LogP contribution in [0, 0.1) is 0 Å². The number of rotatable bonds is 5. The molecule has 2 N–H and O–H groups in total. The molecule has 4 rings (SSSR count). The average Bonchev–Trinajstić information content (AvgIpc) is 2.74. The molecular formula is C23H29N3O3. The van der Waals surface area contributed by atoms with Gasteiger partial charge in [-0.15, -0.1) is 0 Å². The zero-order valence-electron chi connectivity index (χ0n) is 16.8. The third-order valence-electron chi connectivity index (χ3n) is 5.52. The Morgan fingerprint density at radius 3 is 2.72 bits per heavy atom. The van der Waals surface area contributed by atoms with Crippen molar-refractivity contribution in [1.29, 1.82) is 0 Å². The number of likely N-dealkylation sites (tertiary alicyclic amines) is 1. The summed E-state index contributed by atoms with van der Waals surface area (Å²) in [4.78, 5) is 14.8. The summed E-state index contributed by atoms with van der Waals surface area (Å²) in [7, 11) is 0. The SMILES string of the molecule is C[C@H](NC(=O)NC1CCCN(CC2COc3ccccc3O2)C1)c1ccccc1. The van der Waals surface area contributed by atoms with Gasteiger partial charge in [-0.1, -0.05) is 42.5 Å². The lowest BCUT2D eigenvalue weighted by molar-refractivity contribution is 0.0492. The summed E-state index contributed by atoms with van der Waals surface area (Å²) >= 11 is 0. The Hall–Kier alpha value is -2.73. The van der Waals surface area contributed by atoms with E-state index in [9.17, 15) is 4.79 Å². The number of hydrogen-bond donors (Lipinski definition) is 2. The molecule has 3 atom stereocenters. The Balaban J connectivity index is 1.25. The van der Waals surface area contributed by atoms with Crippen LogP contribution < -0.4 is 20.1 Å². The van der Waals surface area contributed by atoms with E-state index in [1.165, 1.54) is 0 Å². The van der Waals surface area contributed by atoms with Crippen LogP contribution in [-0.2, 0) is 0 Å². The Morgan fingerprint density at radius 2 is 1.90 bits per heavy atom. The summed E-state index contributed by atoms with van der Waals surface area (Å²) in [6, 6.07) is 17.8. The van der Waals surface area contributed by atoms with Gasteiger partial charge in [0, 0.05) is 19.1 Å². The van der Waals surface area contributed by atoms with Crippen molar-refractivity contribution in [3.05, 3.63) is 60.2 Å². The highest BCUT2D eigenvalue weighted by molar-refractivity contribution is 5.74. The van der Waals surface area contributed by atoms with Crippen molar-refractivity contribution in [3.63, 3.8) is 0 Å². The van der Waals surface area contributed by atoms with Gasteiger partial charge >= 0.3 is 6.03 Å². The highest BCUT2D eigenvalue weighted by Gasteiger charge is 2.27. The van der Waals surface area contributed by atoms with Crippen molar-refractivity contribution < 1.29 is 14.3 Å². The van der Waals surface area contributed by atoms with Gasteiger partial charge in [0.1, 0.15) is 12.7 Å². The number of nitrogens with zero attached hydrogens (tertiary/aromatic N) is 1. The Morgan fingerprint density at radius 1 is 1.14 bits per heavy atom. The van der Waals surface area contributed by atoms with Crippen LogP contribution in [0.2, 0.25) is 0 Å². The third-order valence-corrected chi connectivity index (χ3v) is 5.52. The van der Waals surface area contributed by atoms with Crippen LogP contribution in [-0.4, -0.2) is 49.3 Å². The van der Waals surface area contributed by atoms with E-state index in [2.05, 4.69) is 15.5 Å². The number of amides is 2. The van der Waals surface area contributed by atoms with Gasteiger partial charge in [0.2, 0.25) is 0 Å². The Bertz CT molecular complexity index is 814. The van der Waals surface area contributed by atoms with Crippen molar-refractivity contribution in [2.45, 2.75) is 38.0 Å². The molecule has 0 spiro atoms. The maximum Gasteiger partial charge on any atom is 0.315 e. The van der Waals surface area contributed by atoms with E-state index < -0.39 is 0 Å². The molecule has 0 saturated carbocycles. The first-order chi connectivity index (χ1) is 14.2. The van der Waals surface area contributed by atoms with E-state index in [-0.39, 0.29) is 24.2 Å². The number of piperidine rings is 1. The molecule has 2 unspecified atom stereocenters. The maximum absolute atomic E-state index is 12.4. The monoisotopic (exact) mass is 395 g/mol. The van der Waals surface area contributed by atoms with Gasteiger partial charge in [0.05, 0.1) is 6.04 Å². The minimum atomic E-state index is -0.112. The highest BCUT2D eigenvalue weighted by atomic mass is 16.6. The average molecular weight is 396 g/mol. The van der Waals surface area contributed by atoms with Gasteiger partial charge in [-0.2, -0.15) is 0 Å². The van der Waals surface area contributed by atoms with Gasteiger partial charge in [-0.05, 0) is 44.0 Å². The molecule has 2 aromatic carbocycles. The van der Waals surface area contributed by atoms with Crippen molar-refractivity contribution in [3.8, 4) is 11.5 Å². The molecule has 0 radical (unpaired) electrons. The predicted molar refractivity (Wildman–Crippen MR) is 112 cm³/mol. The zero-order chi connectivity index (χ0) is 20.1. The standard InChI is InChI=1S/C23H29N3O3/c1-17(18-8-3-2-4-9-18)24-23(27)25-19-10-7-13-26(14-19)15-20-16-28-21-11-5-6-12-22(21)29-20/h2-6,8-9,11-12,17,19-20H,7,10,13-16H2,1H3,(H2,24,25,27)/t17-,19?,20?/m0/s1. The summed E-state index contributed by atoms with van der Waals surface area (Å²) < 4.78 is 11.9. The zero-order valence-corrected chi connectivity index (χ0v) is 16.8. The predicted octanol–water partition coefficient (Wildman–Crippen LogP) is 3.35. The molecule has 154 valence electrons. The van der Waals surface area contributed by atoms with Gasteiger partial charge in [0.15, 0.2) is 11.5 Å². The summed E-state index contributed by atoms with van der Waals surface area (Å²) in [5, 5.41) is 6.18. The van der Waals surface area contributed by atoms with E-state index in [0.717, 1.165) is 49.5 Å². The first kappa shape index (κ1) is 19.6. The summed E-state index contributed by atoms with van der Waals surface area (Å²) in [5.74, 6) is 1.62. The lowest BCUT2D eigenvalue weighted by atomic mass is 10.1. The van der Waals surface area contributed by atoms with Crippen LogP contribution in [0.3, 0.4) is 0 Å². The number of nitrogens with one attached hydrogen (secondary N) is 2. The highest BCUT2D eigenvalue weighted by Crippen LogP contribution is 2.31. The Labute approximate surface area is 172 Å². The second-order valence-corrected chi connectivity index (χ2v) is 7.85. The topological polar surface area (TPSA) is 62.8 Å². The molecule has 29 heavy (non-hydrogen) atoms. The van der Waals surface area contributed by atoms with Crippen molar-refractivity contribution >= 4 is 6.03 Å². The molecule has 0 bridgehead atoms. The van der Waals surface area contributed by atoms with Gasteiger partial charge in [-0.3, -0.25) is 4.90 Å². The molecule has 2 aromatic rings. The summed E-state index contributed by atoms with van der Waals surface area (Å²) in [5.41, 5.74) is 1.10. The van der Waals surface area contributed by atoms with Crippen molar-refractivity contribution in [1.82, 2.24) is 15.5 Å². The van der Waals surface area contributed by atoms with Crippen molar-refractivity contribution in [2.75, 3.05) is 26.2 Å². The van der Waals surface area contributed by atoms with Gasteiger partial charge in [-0.25, -0.2) is 4.79 Å². The van der Waals surface area contributed by atoms with E-state index in [1.54, 1.807) is 0 Å². The number of hydrogen-bond acceptors (Lipinski definition) is 4. The number of benzene rings is 2. The molecule has 2 aliphatic rings. The molecule has 2 heterocycles. The van der Waals surface area contributed by atoms with Crippen LogP contribution >= 0.6 is 0 Å². The molecule has 0 aromatic heterocycles. The number of fused-ring (bicyclic) bond motifs is 1. The summed E-state index contributed by atoms with van der Waals surface area (Å²) in [6.45, 7) is 5.20. The van der Waals surface area contributed by atoms with Gasteiger partial charge < -0.3 is 20.1 Å². The number of para-hydroxylation sites is 2. The number of carbonyl (C=O) groups excluding carboxylic acids is 1. The minimum absolute atomic E-state index is 0.00980. The fourth-order valence-corrected chi connectivity index (χ4v) is 4.03.